The van der Waals surface area contributed by atoms with Crippen LogP contribution in [0.3, 0.4) is 0 Å². The zero-order chi connectivity index (χ0) is 20.5. The molecular formula is C22H17N3O4. The molecule has 4 rings (SSSR count). The van der Waals surface area contributed by atoms with Crippen LogP contribution >= 0.6 is 0 Å². The molecule has 0 saturated carbocycles. The maximum Gasteiger partial charge on any atom is 0.433 e. The molecule has 0 bridgehead atoms. The van der Waals surface area contributed by atoms with E-state index in [0.29, 0.717) is 11.1 Å². The Bertz CT molecular complexity index is 1200. The quantitative estimate of drug-likeness (QED) is 0.276. The number of furan rings is 1. The van der Waals surface area contributed by atoms with Crippen LogP contribution in [0.5, 0.6) is 0 Å². The predicted molar refractivity (Wildman–Crippen MR) is 107 cm³/mol. The summed E-state index contributed by atoms with van der Waals surface area (Å²) in [5.41, 5.74) is 3.96. The van der Waals surface area contributed by atoms with Gasteiger partial charge in [-0.25, -0.2) is 4.68 Å². The lowest BCUT2D eigenvalue weighted by Crippen LogP contribution is -2.01. The summed E-state index contributed by atoms with van der Waals surface area (Å²) in [5, 5.41) is 15.5. The smallest absolute Gasteiger partial charge is 0.399 e. The second-order valence-electron chi connectivity index (χ2n) is 6.76. The van der Waals surface area contributed by atoms with Crippen molar-refractivity contribution in [1.82, 2.24) is 9.78 Å². The van der Waals surface area contributed by atoms with Gasteiger partial charge < -0.3 is 4.42 Å². The van der Waals surface area contributed by atoms with Gasteiger partial charge in [0.25, 0.3) is 0 Å². The van der Waals surface area contributed by atoms with E-state index in [1.807, 2.05) is 50.2 Å². The number of carbonyl (C=O) groups is 1. The highest BCUT2D eigenvalue weighted by Crippen LogP contribution is 2.30. The molecule has 0 aliphatic carbocycles. The molecule has 0 atom stereocenters. The van der Waals surface area contributed by atoms with E-state index in [4.69, 9.17) is 4.42 Å². The van der Waals surface area contributed by atoms with E-state index in [-0.39, 0.29) is 17.2 Å². The summed E-state index contributed by atoms with van der Waals surface area (Å²) in [6, 6.07) is 17.6. The van der Waals surface area contributed by atoms with Crippen molar-refractivity contribution < 1.29 is 14.1 Å². The first-order valence-corrected chi connectivity index (χ1v) is 8.95. The van der Waals surface area contributed by atoms with Gasteiger partial charge in [-0.1, -0.05) is 47.5 Å². The highest BCUT2D eigenvalue weighted by atomic mass is 16.6. The Hall–Kier alpha value is -4.00. The normalized spacial score (nSPS) is 10.8. The van der Waals surface area contributed by atoms with Crippen LogP contribution in [0, 0.1) is 24.0 Å². The van der Waals surface area contributed by atoms with Crippen LogP contribution in [0.15, 0.2) is 71.3 Å². The van der Waals surface area contributed by atoms with Crippen molar-refractivity contribution in [2.24, 2.45) is 0 Å². The van der Waals surface area contributed by atoms with Crippen LogP contribution < -0.4 is 0 Å². The highest BCUT2D eigenvalue weighted by molar-refractivity contribution is 6.12. The Labute approximate surface area is 166 Å². The Morgan fingerprint density at radius 2 is 1.59 bits per heavy atom. The summed E-state index contributed by atoms with van der Waals surface area (Å²) in [5.74, 6) is -0.478. The highest BCUT2D eigenvalue weighted by Gasteiger charge is 2.24. The molecule has 0 radical (unpaired) electrons. The van der Waals surface area contributed by atoms with Crippen molar-refractivity contribution in [3.8, 4) is 17.1 Å². The number of hydrogen-bond acceptors (Lipinski definition) is 5. The zero-order valence-electron chi connectivity index (χ0n) is 15.8. The number of aromatic nitrogens is 2. The van der Waals surface area contributed by atoms with E-state index >= 15 is 0 Å². The van der Waals surface area contributed by atoms with Gasteiger partial charge in [0.05, 0.1) is 17.3 Å². The number of carbonyl (C=O) groups excluding carboxylic acids is 1. The zero-order valence-corrected chi connectivity index (χ0v) is 15.8. The number of aryl methyl sites for hydroxylation is 2. The Morgan fingerprint density at radius 1 is 0.966 bits per heavy atom. The fraction of sp³-hybridized carbons (Fsp3) is 0.0909. The van der Waals surface area contributed by atoms with E-state index in [1.54, 1.807) is 23.0 Å². The monoisotopic (exact) mass is 387 g/mol. The van der Waals surface area contributed by atoms with Gasteiger partial charge in [-0.2, -0.15) is 5.10 Å². The molecule has 0 N–H and O–H groups in total. The summed E-state index contributed by atoms with van der Waals surface area (Å²) < 4.78 is 6.89. The van der Waals surface area contributed by atoms with Gasteiger partial charge in [0.1, 0.15) is 10.6 Å². The van der Waals surface area contributed by atoms with Crippen LogP contribution in [-0.2, 0) is 0 Å². The minimum atomic E-state index is -0.623. The Balaban J connectivity index is 1.84. The molecular weight excluding hydrogens is 370 g/mol. The molecule has 0 amide bonds. The van der Waals surface area contributed by atoms with E-state index in [2.05, 4.69) is 5.10 Å². The Kier molecular flexibility index (Phi) is 4.56. The topological polar surface area (TPSA) is 91.2 Å². The van der Waals surface area contributed by atoms with Crippen molar-refractivity contribution >= 4 is 11.7 Å². The molecule has 0 saturated heterocycles. The van der Waals surface area contributed by atoms with Gasteiger partial charge in [-0.05, 0) is 32.0 Å². The van der Waals surface area contributed by atoms with Gasteiger partial charge in [0.15, 0.2) is 11.5 Å². The molecule has 0 spiro atoms. The van der Waals surface area contributed by atoms with E-state index < -0.39 is 10.8 Å². The van der Waals surface area contributed by atoms with Gasteiger partial charge in [0.2, 0.25) is 0 Å². The maximum atomic E-state index is 13.2. The maximum absolute atomic E-state index is 13.2. The van der Waals surface area contributed by atoms with Crippen molar-refractivity contribution in [2.45, 2.75) is 13.8 Å². The number of nitrogens with zero attached hydrogens (tertiary/aromatic N) is 3. The molecule has 7 heteroatoms. The van der Waals surface area contributed by atoms with Gasteiger partial charge in [-0.15, -0.1) is 0 Å². The SMILES string of the molecule is Cc1ccc(C(=O)c2cn(-c3ccc(C)cc3)nc2-c2ccc([N+](=O)[O-])o2)cc1. The second-order valence-corrected chi connectivity index (χ2v) is 6.76. The average Bonchev–Trinajstić information content (AvgIpc) is 3.36. The molecule has 7 nitrogen and oxygen atoms in total. The lowest BCUT2D eigenvalue weighted by Gasteiger charge is -2.01. The van der Waals surface area contributed by atoms with Gasteiger partial charge in [-0.3, -0.25) is 14.9 Å². The number of nitro groups is 1. The summed E-state index contributed by atoms with van der Waals surface area (Å²) in [6.07, 6.45) is 1.62. The summed E-state index contributed by atoms with van der Waals surface area (Å²) in [6.45, 7) is 3.92. The molecule has 2 aromatic carbocycles. The molecule has 2 aromatic heterocycles. The van der Waals surface area contributed by atoms with E-state index in [9.17, 15) is 14.9 Å². The van der Waals surface area contributed by atoms with Crippen LogP contribution in [0.2, 0.25) is 0 Å². The lowest BCUT2D eigenvalue weighted by molar-refractivity contribution is -0.401. The Morgan fingerprint density at radius 3 is 2.17 bits per heavy atom. The van der Waals surface area contributed by atoms with Crippen molar-refractivity contribution in [3.63, 3.8) is 0 Å². The first-order valence-electron chi connectivity index (χ1n) is 8.95. The minimum absolute atomic E-state index is 0.165. The molecule has 0 aliphatic heterocycles. The molecule has 0 unspecified atom stereocenters. The third kappa shape index (κ3) is 3.58. The molecule has 4 aromatic rings. The van der Waals surface area contributed by atoms with Crippen LogP contribution in [0.1, 0.15) is 27.0 Å². The van der Waals surface area contributed by atoms with Crippen LogP contribution in [-0.4, -0.2) is 20.5 Å². The van der Waals surface area contributed by atoms with E-state index in [1.165, 1.54) is 12.1 Å². The first-order chi connectivity index (χ1) is 13.9. The second kappa shape index (κ2) is 7.20. The summed E-state index contributed by atoms with van der Waals surface area (Å²) in [4.78, 5) is 23.5. The fourth-order valence-corrected chi connectivity index (χ4v) is 2.97. The predicted octanol–water partition coefficient (Wildman–Crippen LogP) is 4.89. The van der Waals surface area contributed by atoms with Crippen LogP contribution in [0.25, 0.3) is 17.1 Å². The summed E-state index contributed by atoms with van der Waals surface area (Å²) >= 11 is 0. The molecule has 144 valence electrons. The first kappa shape index (κ1) is 18.4. The third-order valence-electron chi connectivity index (χ3n) is 4.58. The average molecular weight is 387 g/mol. The third-order valence-corrected chi connectivity index (χ3v) is 4.58. The lowest BCUT2D eigenvalue weighted by atomic mass is 10.0. The standard InChI is InChI=1S/C22H17N3O4/c1-14-3-7-16(8-4-14)22(26)18-13-24(17-9-5-15(2)6-10-17)23-21(18)19-11-12-20(29-19)25(27)28/h3-13H,1-2H3. The number of benzene rings is 2. The van der Waals surface area contributed by atoms with Gasteiger partial charge in [0, 0.05) is 11.8 Å². The fourth-order valence-electron chi connectivity index (χ4n) is 2.97. The van der Waals surface area contributed by atoms with Crippen LogP contribution in [0.4, 0.5) is 5.88 Å². The number of rotatable bonds is 5. The molecule has 0 aliphatic rings. The minimum Gasteiger partial charge on any atom is -0.399 e. The molecule has 2 heterocycles. The van der Waals surface area contributed by atoms with Crippen molar-refractivity contribution in [2.75, 3.05) is 0 Å². The van der Waals surface area contributed by atoms with Gasteiger partial charge >= 0.3 is 5.88 Å². The number of hydrogen-bond donors (Lipinski definition) is 0. The van der Waals surface area contributed by atoms with E-state index in [0.717, 1.165) is 16.8 Å². The number of ketones is 1. The largest absolute Gasteiger partial charge is 0.433 e. The molecule has 0 fully saturated rings. The van der Waals surface area contributed by atoms with Crippen molar-refractivity contribution in [1.29, 1.82) is 0 Å². The van der Waals surface area contributed by atoms with Crippen molar-refractivity contribution in [3.05, 3.63) is 99.2 Å². The molecule has 29 heavy (non-hydrogen) atoms. The summed E-state index contributed by atoms with van der Waals surface area (Å²) in [7, 11) is 0.